The first-order valence-corrected chi connectivity index (χ1v) is 9.96. The summed E-state index contributed by atoms with van der Waals surface area (Å²) in [6.07, 6.45) is 0.817. The summed E-state index contributed by atoms with van der Waals surface area (Å²) in [4.78, 5) is 15.4. The number of hydrogen-bond donors (Lipinski definition) is 0. The molecule has 3 heteroatoms. The van der Waals surface area contributed by atoms with Crippen molar-refractivity contribution in [1.29, 1.82) is 0 Å². The minimum absolute atomic E-state index is 0.0382. The Kier molecular flexibility index (Phi) is 4.55. The first-order chi connectivity index (χ1) is 13.3. The van der Waals surface area contributed by atoms with Gasteiger partial charge in [-0.25, -0.2) is 0 Å². The number of fused-ring (bicyclic) bond motifs is 1. The van der Waals surface area contributed by atoms with E-state index in [1.54, 1.807) is 0 Å². The molecule has 1 amide bonds. The van der Waals surface area contributed by atoms with Gasteiger partial charge in [0.25, 0.3) is 5.91 Å². The molecule has 28 heavy (non-hydrogen) atoms. The van der Waals surface area contributed by atoms with Crippen molar-refractivity contribution in [3.63, 3.8) is 0 Å². The number of nitrogens with zero attached hydrogens (tertiary/aromatic N) is 1. The van der Waals surface area contributed by atoms with E-state index >= 15 is 0 Å². The maximum atomic E-state index is 13.5. The van der Waals surface area contributed by atoms with Gasteiger partial charge in [-0.2, -0.15) is 0 Å². The lowest BCUT2D eigenvalue weighted by Crippen LogP contribution is -2.55. The van der Waals surface area contributed by atoms with Crippen LogP contribution in [0.3, 0.4) is 0 Å². The highest BCUT2D eigenvalue weighted by Gasteiger charge is 2.47. The Hall–Kier alpha value is -2.58. The van der Waals surface area contributed by atoms with Gasteiger partial charge in [-0.15, -0.1) is 0 Å². The van der Waals surface area contributed by atoms with Gasteiger partial charge in [0.1, 0.15) is 0 Å². The van der Waals surface area contributed by atoms with Crippen LogP contribution in [0.5, 0.6) is 0 Å². The average Bonchev–Trinajstić information content (AvgIpc) is 2.68. The van der Waals surface area contributed by atoms with Crippen LogP contribution in [-0.2, 0) is 5.41 Å². The molecular formula is C25H24ClNO. The molecule has 0 fully saturated rings. The van der Waals surface area contributed by atoms with Crippen LogP contribution in [-0.4, -0.2) is 11.4 Å². The van der Waals surface area contributed by atoms with Gasteiger partial charge in [-0.3, -0.25) is 4.79 Å². The topological polar surface area (TPSA) is 20.3 Å². The normalized spacial score (nSPS) is 20.5. The van der Waals surface area contributed by atoms with E-state index in [0.717, 1.165) is 17.1 Å². The number of carbonyl (C=O) groups excluding carboxylic acids is 1. The highest BCUT2D eigenvalue weighted by Crippen LogP contribution is 2.50. The Bertz CT molecular complexity index is 1010. The zero-order valence-corrected chi connectivity index (χ0v) is 17.2. The molecule has 0 saturated carbocycles. The number of para-hydroxylation sites is 1. The van der Waals surface area contributed by atoms with Crippen molar-refractivity contribution in [3.05, 3.63) is 101 Å². The van der Waals surface area contributed by atoms with E-state index in [4.69, 9.17) is 11.6 Å². The Morgan fingerprint density at radius 3 is 2.14 bits per heavy atom. The highest BCUT2D eigenvalue weighted by atomic mass is 35.5. The molecule has 142 valence electrons. The molecule has 1 aliphatic rings. The molecule has 0 radical (unpaired) electrons. The van der Waals surface area contributed by atoms with E-state index < -0.39 is 0 Å². The third-order valence-electron chi connectivity index (χ3n) is 5.84. The lowest BCUT2D eigenvalue weighted by molar-refractivity contribution is 0.0948. The van der Waals surface area contributed by atoms with Gasteiger partial charge in [-0.1, -0.05) is 67.1 Å². The summed E-state index contributed by atoms with van der Waals surface area (Å²) in [5.41, 5.74) is 3.50. The number of carbonyl (C=O) groups is 1. The smallest absolute Gasteiger partial charge is 0.258 e. The zero-order valence-electron chi connectivity index (χ0n) is 16.4. The van der Waals surface area contributed by atoms with E-state index in [9.17, 15) is 4.79 Å². The average molecular weight is 390 g/mol. The van der Waals surface area contributed by atoms with E-state index in [1.807, 2.05) is 53.4 Å². The summed E-state index contributed by atoms with van der Waals surface area (Å²) in [6, 6.07) is 25.9. The molecule has 3 aromatic carbocycles. The Balaban J connectivity index is 1.89. The molecule has 0 bridgehead atoms. The van der Waals surface area contributed by atoms with Crippen LogP contribution in [0.2, 0.25) is 5.02 Å². The molecule has 1 atom stereocenters. The molecule has 2 nitrogen and oxygen atoms in total. The number of amides is 1. The van der Waals surface area contributed by atoms with Crippen LogP contribution in [0, 0.1) is 0 Å². The van der Waals surface area contributed by atoms with E-state index in [1.165, 1.54) is 11.1 Å². The van der Waals surface area contributed by atoms with Crippen molar-refractivity contribution in [3.8, 4) is 0 Å². The Labute approximate surface area is 171 Å². The van der Waals surface area contributed by atoms with Gasteiger partial charge in [0, 0.05) is 27.2 Å². The van der Waals surface area contributed by atoms with E-state index in [-0.39, 0.29) is 16.9 Å². The van der Waals surface area contributed by atoms with Gasteiger partial charge in [0.2, 0.25) is 0 Å². The predicted molar refractivity (Wildman–Crippen MR) is 116 cm³/mol. The van der Waals surface area contributed by atoms with Gasteiger partial charge < -0.3 is 4.90 Å². The summed E-state index contributed by atoms with van der Waals surface area (Å²) in [5.74, 6) is 0.0382. The fourth-order valence-electron chi connectivity index (χ4n) is 4.67. The maximum absolute atomic E-state index is 13.5. The number of hydrogen-bond acceptors (Lipinski definition) is 1. The standard InChI is InChI=1S/C25H24ClNO/c1-24(2)17-25(3,19-13-15-20(26)16-14-19)21-11-7-8-12-22(21)27(24)23(28)18-9-5-4-6-10-18/h4-16H,17H2,1-3H3. The van der Waals surface area contributed by atoms with Crippen LogP contribution in [0.25, 0.3) is 0 Å². The molecule has 0 N–H and O–H groups in total. The number of benzene rings is 3. The minimum atomic E-state index is -0.352. The molecule has 1 heterocycles. The van der Waals surface area contributed by atoms with E-state index in [2.05, 4.69) is 51.1 Å². The molecule has 0 aromatic heterocycles. The molecule has 1 unspecified atom stereocenters. The van der Waals surface area contributed by atoms with Crippen molar-refractivity contribution in [2.45, 2.75) is 38.1 Å². The fraction of sp³-hybridized carbons (Fsp3) is 0.240. The van der Waals surface area contributed by atoms with E-state index in [0.29, 0.717) is 5.56 Å². The second-order valence-electron chi connectivity index (χ2n) is 8.35. The summed E-state index contributed by atoms with van der Waals surface area (Å²) < 4.78 is 0. The predicted octanol–water partition coefficient (Wildman–Crippen LogP) is 6.48. The second-order valence-corrected chi connectivity index (χ2v) is 8.79. The van der Waals surface area contributed by atoms with Crippen molar-refractivity contribution in [2.24, 2.45) is 0 Å². The number of anilines is 1. The fourth-order valence-corrected chi connectivity index (χ4v) is 4.80. The Morgan fingerprint density at radius 1 is 0.857 bits per heavy atom. The van der Waals surface area contributed by atoms with Crippen molar-refractivity contribution >= 4 is 23.2 Å². The molecule has 0 spiro atoms. The third kappa shape index (κ3) is 3.02. The maximum Gasteiger partial charge on any atom is 0.258 e. The first-order valence-electron chi connectivity index (χ1n) is 9.58. The summed E-state index contributed by atoms with van der Waals surface area (Å²) in [5, 5.41) is 0.733. The monoisotopic (exact) mass is 389 g/mol. The van der Waals surface area contributed by atoms with Crippen molar-refractivity contribution < 1.29 is 4.79 Å². The highest BCUT2D eigenvalue weighted by molar-refractivity contribution is 6.30. The molecule has 4 rings (SSSR count). The van der Waals surface area contributed by atoms with Gasteiger partial charge in [0.15, 0.2) is 0 Å². The quantitative estimate of drug-likeness (QED) is 0.491. The third-order valence-corrected chi connectivity index (χ3v) is 6.09. The van der Waals surface area contributed by atoms with Gasteiger partial charge in [-0.05, 0) is 61.7 Å². The Morgan fingerprint density at radius 2 is 1.46 bits per heavy atom. The molecule has 1 aliphatic heterocycles. The summed E-state index contributed by atoms with van der Waals surface area (Å²) >= 11 is 6.13. The van der Waals surface area contributed by atoms with Gasteiger partial charge in [0.05, 0.1) is 0 Å². The minimum Gasteiger partial charge on any atom is -0.302 e. The first kappa shape index (κ1) is 18.8. The molecule has 0 aliphatic carbocycles. The molecule has 0 saturated heterocycles. The zero-order chi connectivity index (χ0) is 19.9. The van der Waals surface area contributed by atoms with Gasteiger partial charge >= 0.3 is 0 Å². The van der Waals surface area contributed by atoms with Crippen LogP contribution in [0.4, 0.5) is 5.69 Å². The number of halogens is 1. The van der Waals surface area contributed by atoms with Crippen molar-refractivity contribution in [2.75, 3.05) is 4.90 Å². The molecule has 3 aromatic rings. The van der Waals surface area contributed by atoms with Crippen LogP contribution in [0.15, 0.2) is 78.9 Å². The second kappa shape index (κ2) is 6.79. The van der Waals surface area contributed by atoms with Crippen molar-refractivity contribution in [1.82, 2.24) is 0 Å². The summed E-state index contributed by atoms with van der Waals surface area (Å²) in [7, 11) is 0. The molecular weight excluding hydrogens is 366 g/mol. The lowest BCUT2D eigenvalue weighted by atomic mass is 9.65. The largest absolute Gasteiger partial charge is 0.302 e. The van der Waals surface area contributed by atoms with Crippen LogP contribution >= 0.6 is 11.6 Å². The van der Waals surface area contributed by atoms with Crippen LogP contribution in [0.1, 0.15) is 48.7 Å². The summed E-state index contributed by atoms with van der Waals surface area (Å²) in [6.45, 7) is 6.57. The SMILES string of the molecule is CC1(c2ccc(Cl)cc2)CC(C)(C)N(C(=O)c2ccccc2)c2ccccc21. The lowest BCUT2D eigenvalue weighted by Gasteiger charge is -2.51. The number of rotatable bonds is 2. The van der Waals surface area contributed by atoms with Crippen LogP contribution < -0.4 is 4.90 Å².